The van der Waals surface area contributed by atoms with E-state index in [0.29, 0.717) is 12.0 Å². The molecule has 0 aromatic rings. The van der Waals surface area contributed by atoms with Crippen LogP contribution >= 0.6 is 0 Å². The molecule has 0 amide bonds. The molecule has 1 heterocycles. The quantitative estimate of drug-likeness (QED) is 0.556. The zero-order valence-electron chi connectivity index (χ0n) is 12.8. The maximum absolute atomic E-state index is 5.86. The van der Waals surface area contributed by atoms with E-state index in [4.69, 9.17) is 4.74 Å². The van der Waals surface area contributed by atoms with E-state index in [1.165, 1.54) is 70.6 Å². The standard InChI is InChI=1S/C18H32O/c1-3-12-18-14-9-6-4-5-8-13-17(2)19-16-11-7-10-15-18/h12,17-18H,1,4-11,13-16H2,2H3. The molecule has 0 N–H and O–H groups in total. The number of rotatable bonds is 1. The highest BCUT2D eigenvalue weighted by Gasteiger charge is 2.07. The van der Waals surface area contributed by atoms with E-state index in [1.807, 2.05) is 0 Å². The molecule has 2 unspecified atom stereocenters. The van der Waals surface area contributed by atoms with E-state index in [1.54, 1.807) is 0 Å². The molecule has 110 valence electrons. The Bertz CT molecular complexity index is 252. The van der Waals surface area contributed by atoms with Crippen molar-refractivity contribution in [2.45, 2.75) is 83.7 Å². The zero-order chi connectivity index (χ0) is 13.8. The highest BCUT2D eigenvalue weighted by atomic mass is 16.5. The van der Waals surface area contributed by atoms with Crippen LogP contribution in [0.15, 0.2) is 18.4 Å². The van der Waals surface area contributed by atoms with Gasteiger partial charge in [-0.3, -0.25) is 0 Å². The summed E-state index contributed by atoms with van der Waals surface area (Å²) in [5.41, 5.74) is 2.99. The predicted octanol–water partition coefficient (Wildman–Crippen LogP) is 5.65. The zero-order valence-corrected chi connectivity index (χ0v) is 12.8. The molecule has 0 aliphatic carbocycles. The fourth-order valence-corrected chi connectivity index (χ4v) is 2.90. The monoisotopic (exact) mass is 264 g/mol. The fourth-order valence-electron chi connectivity index (χ4n) is 2.90. The van der Waals surface area contributed by atoms with Crippen molar-refractivity contribution in [3.05, 3.63) is 18.4 Å². The van der Waals surface area contributed by atoms with Crippen LogP contribution in [0.3, 0.4) is 0 Å². The Balaban J connectivity index is 2.32. The van der Waals surface area contributed by atoms with Crippen molar-refractivity contribution in [3.63, 3.8) is 0 Å². The van der Waals surface area contributed by atoms with Crippen LogP contribution in [0.25, 0.3) is 0 Å². The van der Waals surface area contributed by atoms with E-state index < -0.39 is 0 Å². The molecule has 1 heteroatoms. The summed E-state index contributed by atoms with van der Waals surface area (Å²) in [5, 5.41) is 0. The average molecular weight is 264 g/mol. The average Bonchev–Trinajstić information content (AvgIpc) is 2.41. The summed E-state index contributed by atoms with van der Waals surface area (Å²) in [4.78, 5) is 0. The van der Waals surface area contributed by atoms with Gasteiger partial charge in [0.2, 0.25) is 0 Å². The van der Waals surface area contributed by atoms with Gasteiger partial charge in [0.25, 0.3) is 0 Å². The number of hydrogen-bond acceptors (Lipinski definition) is 1. The summed E-state index contributed by atoms with van der Waals surface area (Å²) in [6.45, 7) is 6.90. The molecule has 0 aromatic carbocycles. The lowest BCUT2D eigenvalue weighted by atomic mass is 9.94. The predicted molar refractivity (Wildman–Crippen MR) is 83.4 cm³/mol. The van der Waals surface area contributed by atoms with Crippen LogP contribution in [0.1, 0.15) is 77.6 Å². The van der Waals surface area contributed by atoms with Gasteiger partial charge in [-0.25, -0.2) is 0 Å². The van der Waals surface area contributed by atoms with Crippen LogP contribution in [0.4, 0.5) is 0 Å². The van der Waals surface area contributed by atoms with E-state index in [0.717, 1.165) is 6.61 Å². The molecule has 0 bridgehead atoms. The molecular weight excluding hydrogens is 232 g/mol. The molecule has 1 fully saturated rings. The van der Waals surface area contributed by atoms with Crippen LogP contribution in [0, 0.1) is 5.92 Å². The fraction of sp³-hybridized carbons (Fsp3) is 0.833. The third-order valence-corrected chi connectivity index (χ3v) is 4.16. The molecule has 0 aromatic heterocycles. The van der Waals surface area contributed by atoms with Gasteiger partial charge in [0, 0.05) is 6.61 Å². The van der Waals surface area contributed by atoms with Gasteiger partial charge >= 0.3 is 0 Å². The molecule has 1 aliphatic rings. The first-order valence-electron chi connectivity index (χ1n) is 8.30. The summed E-state index contributed by atoms with van der Waals surface area (Å²) in [6.07, 6.45) is 17.2. The topological polar surface area (TPSA) is 9.23 Å². The lowest BCUT2D eigenvalue weighted by molar-refractivity contribution is 0.0557. The Hall–Kier alpha value is -0.520. The molecular formula is C18H32O. The smallest absolute Gasteiger partial charge is 0.0547 e. The Morgan fingerprint density at radius 2 is 1.47 bits per heavy atom. The van der Waals surface area contributed by atoms with Crippen LogP contribution in [0.5, 0.6) is 0 Å². The van der Waals surface area contributed by atoms with Crippen LogP contribution in [0.2, 0.25) is 0 Å². The first-order chi connectivity index (χ1) is 9.33. The van der Waals surface area contributed by atoms with Crippen molar-refractivity contribution in [1.82, 2.24) is 0 Å². The normalized spacial score (nSPS) is 28.7. The summed E-state index contributed by atoms with van der Waals surface area (Å²) < 4.78 is 5.86. The van der Waals surface area contributed by atoms with E-state index in [9.17, 15) is 0 Å². The lowest BCUT2D eigenvalue weighted by Gasteiger charge is -2.12. The summed E-state index contributed by atoms with van der Waals surface area (Å²) in [6, 6.07) is 0. The second-order valence-corrected chi connectivity index (χ2v) is 6.01. The lowest BCUT2D eigenvalue weighted by Crippen LogP contribution is -2.09. The molecule has 1 nitrogen and oxygen atoms in total. The van der Waals surface area contributed by atoms with Crippen molar-refractivity contribution in [3.8, 4) is 0 Å². The van der Waals surface area contributed by atoms with Gasteiger partial charge in [-0.2, -0.15) is 0 Å². The van der Waals surface area contributed by atoms with Gasteiger partial charge < -0.3 is 4.74 Å². The molecule has 2 atom stereocenters. The highest BCUT2D eigenvalue weighted by Crippen LogP contribution is 2.20. The molecule has 0 spiro atoms. The Labute approximate surface area is 120 Å². The van der Waals surface area contributed by atoms with Crippen molar-refractivity contribution >= 4 is 0 Å². The highest BCUT2D eigenvalue weighted by molar-refractivity contribution is 4.84. The number of allylic oxidation sites excluding steroid dienone is 1. The van der Waals surface area contributed by atoms with Gasteiger partial charge in [-0.1, -0.05) is 51.5 Å². The number of ether oxygens (including phenoxy) is 1. The maximum atomic E-state index is 5.86. The van der Waals surface area contributed by atoms with Crippen molar-refractivity contribution in [1.29, 1.82) is 0 Å². The van der Waals surface area contributed by atoms with E-state index in [2.05, 4.69) is 25.3 Å². The summed E-state index contributed by atoms with van der Waals surface area (Å²) in [7, 11) is 0. The molecule has 19 heavy (non-hydrogen) atoms. The Kier molecular flexibility index (Phi) is 9.85. The summed E-state index contributed by atoms with van der Waals surface area (Å²) >= 11 is 0. The molecule has 0 saturated carbocycles. The van der Waals surface area contributed by atoms with E-state index >= 15 is 0 Å². The molecule has 1 aliphatic heterocycles. The minimum absolute atomic E-state index is 0.460. The van der Waals surface area contributed by atoms with Gasteiger partial charge in [0.1, 0.15) is 0 Å². The van der Waals surface area contributed by atoms with Crippen LogP contribution in [-0.4, -0.2) is 12.7 Å². The SMILES string of the molecule is C=C=CC1CCCCCCCC(C)OCCCCC1. The third-order valence-electron chi connectivity index (χ3n) is 4.16. The molecule has 0 radical (unpaired) electrons. The second-order valence-electron chi connectivity index (χ2n) is 6.01. The minimum Gasteiger partial charge on any atom is -0.379 e. The largest absolute Gasteiger partial charge is 0.379 e. The van der Waals surface area contributed by atoms with Crippen LogP contribution < -0.4 is 0 Å². The third kappa shape index (κ3) is 9.08. The van der Waals surface area contributed by atoms with E-state index in [-0.39, 0.29) is 0 Å². The van der Waals surface area contributed by atoms with Crippen molar-refractivity contribution in [2.75, 3.05) is 6.61 Å². The minimum atomic E-state index is 0.460. The van der Waals surface area contributed by atoms with Gasteiger partial charge in [-0.15, -0.1) is 5.73 Å². The summed E-state index contributed by atoms with van der Waals surface area (Å²) in [5.74, 6) is 0.711. The Morgan fingerprint density at radius 1 is 0.895 bits per heavy atom. The van der Waals surface area contributed by atoms with Crippen molar-refractivity contribution in [2.24, 2.45) is 5.92 Å². The maximum Gasteiger partial charge on any atom is 0.0547 e. The van der Waals surface area contributed by atoms with Crippen molar-refractivity contribution < 1.29 is 4.74 Å². The van der Waals surface area contributed by atoms with Crippen LogP contribution in [-0.2, 0) is 4.74 Å². The second kappa shape index (κ2) is 11.3. The van der Waals surface area contributed by atoms with Gasteiger partial charge in [-0.05, 0) is 44.6 Å². The van der Waals surface area contributed by atoms with Gasteiger partial charge in [0.05, 0.1) is 6.10 Å². The molecule has 1 rings (SSSR count). The van der Waals surface area contributed by atoms with Gasteiger partial charge in [0.15, 0.2) is 0 Å². The first-order valence-corrected chi connectivity index (χ1v) is 8.30. The first kappa shape index (κ1) is 16.5. The molecule has 1 saturated heterocycles. The Morgan fingerprint density at radius 3 is 2.16 bits per heavy atom. The number of hydrogen-bond donors (Lipinski definition) is 0.